The SMILES string of the molecule is Cc1ncsc1CCNC(=O)c1cccs1. The molecule has 0 unspecified atom stereocenters. The minimum Gasteiger partial charge on any atom is -0.351 e. The van der Waals surface area contributed by atoms with E-state index >= 15 is 0 Å². The summed E-state index contributed by atoms with van der Waals surface area (Å²) < 4.78 is 0. The van der Waals surface area contributed by atoms with Crippen LogP contribution in [0, 0.1) is 6.92 Å². The van der Waals surface area contributed by atoms with Gasteiger partial charge in [-0.2, -0.15) is 0 Å². The highest BCUT2D eigenvalue weighted by Gasteiger charge is 2.06. The van der Waals surface area contributed by atoms with Gasteiger partial charge in [0.15, 0.2) is 0 Å². The quantitative estimate of drug-likeness (QED) is 0.908. The Kier molecular flexibility index (Phi) is 3.69. The van der Waals surface area contributed by atoms with Crippen LogP contribution in [0.2, 0.25) is 0 Å². The number of hydrogen-bond donors (Lipinski definition) is 1. The summed E-state index contributed by atoms with van der Waals surface area (Å²) in [4.78, 5) is 17.8. The number of nitrogens with one attached hydrogen (secondary N) is 1. The molecule has 0 saturated carbocycles. The van der Waals surface area contributed by atoms with E-state index in [2.05, 4.69) is 10.3 Å². The maximum absolute atomic E-state index is 11.6. The summed E-state index contributed by atoms with van der Waals surface area (Å²) in [5, 5.41) is 4.81. The van der Waals surface area contributed by atoms with Crippen LogP contribution >= 0.6 is 22.7 Å². The molecular formula is C11H12N2OS2. The van der Waals surface area contributed by atoms with Crippen molar-refractivity contribution in [3.8, 4) is 0 Å². The number of hydrogen-bond acceptors (Lipinski definition) is 4. The summed E-state index contributed by atoms with van der Waals surface area (Å²) in [7, 11) is 0. The third-order valence-corrected chi connectivity index (χ3v) is 4.09. The van der Waals surface area contributed by atoms with Gasteiger partial charge in [0.1, 0.15) is 0 Å². The molecule has 84 valence electrons. The van der Waals surface area contributed by atoms with Gasteiger partial charge in [-0.3, -0.25) is 4.79 Å². The first-order valence-corrected chi connectivity index (χ1v) is 6.74. The number of nitrogens with zero attached hydrogens (tertiary/aromatic N) is 1. The fourth-order valence-electron chi connectivity index (χ4n) is 1.35. The highest BCUT2D eigenvalue weighted by molar-refractivity contribution is 7.12. The molecule has 0 aliphatic rings. The van der Waals surface area contributed by atoms with Crippen LogP contribution in [-0.4, -0.2) is 17.4 Å². The lowest BCUT2D eigenvalue weighted by molar-refractivity contribution is 0.0958. The topological polar surface area (TPSA) is 42.0 Å². The average Bonchev–Trinajstić information content (AvgIpc) is 2.90. The molecule has 0 aromatic carbocycles. The van der Waals surface area contributed by atoms with E-state index in [4.69, 9.17) is 0 Å². The molecule has 3 nitrogen and oxygen atoms in total. The van der Waals surface area contributed by atoms with Crippen LogP contribution in [0.3, 0.4) is 0 Å². The first-order valence-electron chi connectivity index (χ1n) is 4.98. The van der Waals surface area contributed by atoms with Crippen LogP contribution < -0.4 is 5.32 Å². The molecular weight excluding hydrogens is 240 g/mol. The van der Waals surface area contributed by atoms with Crippen molar-refractivity contribution >= 4 is 28.6 Å². The van der Waals surface area contributed by atoms with E-state index in [0.29, 0.717) is 6.54 Å². The van der Waals surface area contributed by atoms with Gasteiger partial charge in [0.25, 0.3) is 5.91 Å². The van der Waals surface area contributed by atoms with Gasteiger partial charge in [0.05, 0.1) is 16.1 Å². The van der Waals surface area contributed by atoms with E-state index in [0.717, 1.165) is 17.0 Å². The lowest BCUT2D eigenvalue weighted by Crippen LogP contribution is -2.24. The molecule has 2 aromatic rings. The Bertz CT molecular complexity index is 462. The Morgan fingerprint density at radius 2 is 2.38 bits per heavy atom. The monoisotopic (exact) mass is 252 g/mol. The summed E-state index contributed by atoms with van der Waals surface area (Å²) in [6.07, 6.45) is 0.855. The van der Waals surface area contributed by atoms with E-state index in [1.165, 1.54) is 16.2 Å². The number of carbonyl (C=O) groups excluding carboxylic acids is 1. The Morgan fingerprint density at radius 3 is 3.00 bits per heavy atom. The molecule has 0 radical (unpaired) electrons. The normalized spacial score (nSPS) is 10.3. The van der Waals surface area contributed by atoms with Crippen molar-refractivity contribution in [3.05, 3.63) is 38.5 Å². The maximum Gasteiger partial charge on any atom is 0.261 e. The molecule has 1 amide bonds. The third-order valence-electron chi connectivity index (χ3n) is 2.23. The van der Waals surface area contributed by atoms with Crippen molar-refractivity contribution in [3.63, 3.8) is 0 Å². The lowest BCUT2D eigenvalue weighted by Gasteiger charge is -2.02. The van der Waals surface area contributed by atoms with E-state index in [1.807, 2.05) is 29.9 Å². The second kappa shape index (κ2) is 5.23. The molecule has 0 saturated heterocycles. The van der Waals surface area contributed by atoms with Crippen LogP contribution in [0.5, 0.6) is 0 Å². The van der Waals surface area contributed by atoms with Crippen molar-refractivity contribution < 1.29 is 4.79 Å². The first kappa shape index (κ1) is 11.3. The minimum atomic E-state index is 0.0113. The molecule has 16 heavy (non-hydrogen) atoms. The zero-order chi connectivity index (χ0) is 11.4. The van der Waals surface area contributed by atoms with Gasteiger partial charge in [-0.1, -0.05) is 6.07 Å². The highest BCUT2D eigenvalue weighted by atomic mass is 32.1. The Balaban J connectivity index is 1.81. The number of thiazole rings is 1. The number of thiophene rings is 1. The number of aryl methyl sites for hydroxylation is 1. The smallest absolute Gasteiger partial charge is 0.261 e. The lowest BCUT2D eigenvalue weighted by atomic mass is 10.3. The molecule has 2 rings (SSSR count). The molecule has 0 aliphatic carbocycles. The van der Waals surface area contributed by atoms with Crippen LogP contribution in [0.15, 0.2) is 23.0 Å². The molecule has 5 heteroatoms. The van der Waals surface area contributed by atoms with E-state index in [9.17, 15) is 4.79 Å². The molecule has 0 spiro atoms. The van der Waals surface area contributed by atoms with E-state index < -0.39 is 0 Å². The van der Waals surface area contributed by atoms with Crippen molar-refractivity contribution in [1.29, 1.82) is 0 Å². The second-order valence-corrected chi connectivity index (χ2v) is 5.23. The number of amides is 1. The summed E-state index contributed by atoms with van der Waals surface area (Å²) in [6.45, 7) is 2.66. The summed E-state index contributed by atoms with van der Waals surface area (Å²) in [5.74, 6) is 0.0113. The Morgan fingerprint density at radius 1 is 1.50 bits per heavy atom. The zero-order valence-electron chi connectivity index (χ0n) is 8.90. The molecule has 0 bridgehead atoms. The van der Waals surface area contributed by atoms with Gasteiger partial charge in [0, 0.05) is 17.8 Å². The van der Waals surface area contributed by atoms with Crippen molar-refractivity contribution in [2.45, 2.75) is 13.3 Å². The van der Waals surface area contributed by atoms with E-state index in [1.54, 1.807) is 11.3 Å². The van der Waals surface area contributed by atoms with Crippen molar-refractivity contribution in [2.24, 2.45) is 0 Å². The maximum atomic E-state index is 11.6. The van der Waals surface area contributed by atoms with Crippen LogP contribution in [0.1, 0.15) is 20.2 Å². The van der Waals surface area contributed by atoms with Gasteiger partial charge in [0.2, 0.25) is 0 Å². The number of rotatable bonds is 4. The molecule has 0 aliphatic heterocycles. The van der Waals surface area contributed by atoms with Gasteiger partial charge < -0.3 is 5.32 Å². The predicted octanol–water partition coefficient (Wildman–Crippen LogP) is 2.49. The van der Waals surface area contributed by atoms with Gasteiger partial charge >= 0.3 is 0 Å². The van der Waals surface area contributed by atoms with Gasteiger partial charge in [-0.15, -0.1) is 22.7 Å². The number of carbonyl (C=O) groups is 1. The fraction of sp³-hybridized carbons (Fsp3) is 0.273. The van der Waals surface area contributed by atoms with Crippen LogP contribution in [0.25, 0.3) is 0 Å². The summed E-state index contributed by atoms with van der Waals surface area (Å²) >= 11 is 3.10. The van der Waals surface area contributed by atoms with Crippen LogP contribution in [0.4, 0.5) is 0 Å². The van der Waals surface area contributed by atoms with Gasteiger partial charge in [-0.25, -0.2) is 4.98 Å². The third kappa shape index (κ3) is 2.68. The zero-order valence-corrected chi connectivity index (χ0v) is 10.5. The van der Waals surface area contributed by atoms with Crippen LogP contribution in [-0.2, 0) is 6.42 Å². The number of aromatic nitrogens is 1. The second-order valence-electron chi connectivity index (χ2n) is 3.34. The Hall–Kier alpha value is -1.20. The van der Waals surface area contributed by atoms with Crippen molar-refractivity contribution in [1.82, 2.24) is 10.3 Å². The molecule has 2 heterocycles. The molecule has 1 N–H and O–H groups in total. The minimum absolute atomic E-state index is 0.0113. The average molecular weight is 252 g/mol. The predicted molar refractivity (Wildman–Crippen MR) is 67.2 cm³/mol. The van der Waals surface area contributed by atoms with Gasteiger partial charge in [-0.05, 0) is 18.4 Å². The van der Waals surface area contributed by atoms with E-state index in [-0.39, 0.29) is 5.91 Å². The van der Waals surface area contributed by atoms with Crippen molar-refractivity contribution in [2.75, 3.05) is 6.54 Å². The first-order chi connectivity index (χ1) is 7.77. The Labute approximate surface area is 102 Å². The fourth-order valence-corrected chi connectivity index (χ4v) is 2.77. The highest BCUT2D eigenvalue weighted by Crippen LogP contribution is 2.12. The largest absolute Gasteiger partial charge is 0.351 e. The molecule has 0 atom stereocenters. The molecule has 0 fully saturated rings. The summed E-state index contributed by atoms with van der Waals surface area (Å²) in [6, 6.07) is 3.71. The summed E-state index contributed by atoms with van der Waals surface area (Å²) in [5.41, 5.74) is 2.90. The molecule has 2 aromatic heterocycles. The standard InChI is InChI=1S/C11H12N2OS2/c1-8-9(16-7-13-8)4-5-12-11(14)10-3-2-6-15-10/h2-3,6-7H,4-5H2,1H3,(H,12,14).